The second kappa shape index (κ2) is 7.23. The molecule has 0 aliphatic carbocycles. The molecule has 2 aliphatic heterocycles. The van der Waals surface area contributed by atoms with Crippen LogP contribution in [-0.2, 0) is 4.79 Å². The highest BCUT2D eigenvalue weighted by Crippen LogP contribution is 2.32. The maximum atomic E-state index is 12.3. The second-order valence-electron chi connectivity index (χ2n) is 7.03. The fraction of sp³-hybridized carbons (Fsp3) is 0.400. The van der Waals surface area contributed by atoms with Crippen LogP contribution in [0.15, 0.2) is 48.7 Å². The quantitative estimate of drug-likeness (QED) is 0.872. The van der Waals surface area contributed by atoms with Crippen LogP contribution in [0.1, 0.15) is 32.1 Å². The summed E-state index contributed by atoms with van der Waals surface area (Å²) in [6, 6.07) is 14.4. The number of nitrogens with one attached hydrogen (secondary N) is 2. The molecule has 1 aromatic carbocycles. The fourth-order valence-electron chi connectivity index (χ4n) is 3.94. The third-order valence-electron chi connectivity index (χ3n) is 5.03. The van der Waals surface area contributed by atoms with Crippen LogP contribution >= 0.6 is 0 Å². The monoisotopic (exact) mass is 337 g/mol. The standard InChI is InChI=1S/C20H23N3O2/c24-19(12-14-10-15-6-7-16(11-14)22-15)23-17-8-9-20(21-13-17)25-18-4-2-1-3-5-18/h1-5,8-9,13-16,22H,6-7,10-12H2,(H,23,24). The summed E-state index contributed by atoms with van der Waals surface area (Å²) < 4.78 is 5.66. The zero-order valence-electron chi connectivity index (χ0n) is 14.2. The highest BCUT2D eigenvalue weighted by atomic mass is 16.5. The van der Waals surface area contributed by atoms with Crippen molar-refractivity contribution in [2.75, 3.05) is 5.32 Å². The number of hydrogen-bond acceptors (Lipinski definition) is 4. The van der Waals surface area contributed by atoms with E-state index in [9.17, 15) is 4.79 Å². The second-order valence-corrected chi connectivity index (χ2v) is 7.03. The number of amides is 1. The van der Waals surface area contributed by atoms with E-state index < -0.39 is 0 Å². The first-order chi connectivity index (χ1) is 12.2. The zero-order valence-corrected chi connectivity index (χ0v) is 14.2. The van der Waals surface area contributed by atoms with Crippen molar-refractivity contribution in [1.29, 1.82) is 0 Å². The Balaban J connectivity index is 1.29. The smallest absolute Gasteiger partial charge is 0.224 e. The Morgan fingerprint density at radius 2 is 1.88 bits per heavy atom. The molecule has 4 rings (SSSR count). The number of carbonyl (C=O) groups excluding carboxylic acids is 1. The summed E-state index contributed by atoms with van der Waals surface area (Å²) in [5.41, 5.74) is 0.710. The van der Waals surface area contributed by atoms with E-state index in [2.05, 4.69) is 15.6 Å². The Hall–Kier alpha value is -2.40. The Morgan fingerprint density at radius 1 is 1.12 bits per heavy atom. The average molecular weight is 337 g/mol. The van der Waals surface area contributed by atoms with E-state index in [4.69, 9.17) is 4.74 Å². The summed E-state index contributed by atoms with van der Waals surface area (Å²) in [7, 11) is 0. The van der Waals surface area contributed by atoms with E-state index in [0.717, 1.165) is 18.6 Å². The minimum Gasteiger partial charge on any atom is -0.439 e. The lowest BCUT2D eigenvalue weighted by Gasteiger charge is -2.28. The highest BCUT2D eigenvalue weighted by Gasteiger charge is 2.34. The van der Waals surface area contributed by atoms with Gasteiger partial charge >= 0.3 is 0 Å². The van der Waals surface area contributed by atoms with Crippen LogP contribution in [0.4, 0.5) is 5.69 Å². The lowest BCUT2D eigenvalue weighted by Crippen LogP contribution is -2.39. The van der Waals surface area contributed by atoms with Crippen LogP contribution < -0.4 is 15.4 Å². The minimum atomic E-state index is 0.0739. The van der Waals surface area contributed by atoms with Gasteiger partial charge in [0.25, 0.3) is 0 Å². The van der Waals surface area contributed by atoms with E-state index in [1.54, 1.807) is 12.3 Å². The van der Waals surface area contributed by atoms with Crippen molar-refractivity contribution in [3.8, 4) is 11.6 Å². The van der Waals surface area contributed by atoms with Crippen LogP contribution in [0, 0.1) is 5.92 Å². The molecule has 25 heavy (non-hydrogen) atoms. The number of para-hydroxylation sites is 1. The first-order valence-electron chi connectivity index (χ1n) is 8.99. The molecular weight excluding hydrogens is 314 g/mol. The van der Waals surface area contributed by atoms with E-state index in [1.165, 1.54) is 12.8 Å². The molecule has 130 valence electrons. The van der Waals surface area contributed by atoms with E-state index in [0.29, 0.717) is 36.0 Å². The molecule has 1 aromatic heterocycles. The number of nitrogens with zero attached hydrogens (tertiary/aromatic N) is 1. The number of pyridine rings is 1. The molecule has 2 N–H and O–H groups in total. The van der Waals surface area contributed by atoms with Crippen molar-refractivity contribution < 1.29 is 9.53 Å². The fourth-order valence-corrected chi connectivity index (χ4v) is 3.94. The van der Waals surface area contributed by atoms with Crippen molar-refractivity contribution >= 4 is 11.6 Å². The van der Waals surface area contributed by atoms with Crippen molar-refractivity contribution in [2.24, 2.45) is 5.92 Å². The van der Waals surface area contributed by atoms with Gasteiger partial charge in [0.2, 0.25) is 11.8 Å². The number of ether oxygens (including phenoxy) is 1. The van der Waals surface area contributed by atoms with Crippen molar-refractivity contribution in [3.05, 3.63) is 48.7 Å². The van der Waals surface area contributed by atoms with E-state index in [-0.39, 0.29) is 5.91 Å². The van der Waals surface area contributed by atoms with Gasteiger partial charge in [-0.3, -0.25) is 4.79 Å². The predicted octanol–water partition coefficient (Wildman–Crippen LogP) is 3.73. The summed E-state index contributed by atoms with van der Waals surface area (Å²) in [6.07, 6.45) is 6.99. The molecule has 2 fully saturated rings. The van der Waals surface area contributed by atoms with Crippen LogP contribution in [0.3, 0.4) is 0 Å². The number of benzene rings is 1. The van der Waals surface area contributed by atoms with Crippen molar-refractivity contribution in [3.63, 3.8) is 0 Å². The topological polar surface area (TPSA) is 63.2 Å². The van der Waals surface area contributed by atoms with Gasteiger partial charge in [0, 0.05) is 24.6 Å². The van der Waals surface area contributed by atoms with Crippen LogP contribution in [0.5, 0.6) is 11.6 Å². The van der Waals surface area contributed by atoms with E-state index in [1.807, 2.05) is 36.4 Å². The molecule has 3 heterocycles. The molecule has 0 spiro atoms. The number of fused-ring (bicyclic) bond motifs is 2. The number of aromatic nitrogens is 1. The summed E-state index contributed by atoms with van der Waals surface area (Å²) in [6.45, 7) is 0. The molecule has 2 aliphatic rings. The Labute approximate surface area is 147 Å². The van der Waals surface area contributed by atoms with E-state index >= 15 is 0 Å². The number of rotatable bonds is 5. The van der Waals surface area contributed by atoms with Gasteiger partial charge in [-0.1, -0.05) is 18.2 Å². The molecule has 0 radical (unpaired) electrons. The third kappa shape index (κ3) is 4.17. The molecule has 5 heteroatoms. The first-order valence-corrected chi connectivity index (χ1v) is 8.99. The summed E-state index contributed by atoms with van der Waals surface area (Å²) in [5.74, 6) is 1.82. The van der Waals surface area contributed by atoms with Crippen LogP contribution in [0.25, 0.3) is 0 Å². The molecule has 2 atom stereocenters. The molecule has 1 amide bonds. The van der Waals surface area contributed by atoms with Crippen molar-refractivity contribution in [2.45, 2.75) is 44.2 Å². The molecule has 2 aromatic rings. The highest BCUT2D eigenvalue weighted by molar-refractivity contribution is 5.90. The lowest BCUT2D eigenvalue weighted by molar-refractivity contribution is -0.117. The molecule has 5 nitrogen and oxygen atoms in total. The summed E-state index contributed by atoms with van der Waals surface area (Å²) >= 11 is 0. The number of hydrogen-bond donors (Lipinski definition) is 2. The SMILES string of the molecule is O=C(CC1CC2CCC(C1)N2)Nc1ccc(Oc2ccccc2)nc1. The van der Waals surface area contributed by atoms with Gasteiger partial charge in [-0.05, 0) is 49.8 Å². The minimum absolute atomic E-state index is 0.0739. The van der Waals surface area contributed by atoms with Gasteiger partial charge in [0.15, 0.2) is 0 Å². The van der Waals surface area contributed by atoms with Crippen molar-refractivity contribution in [1.82, 2.24) is 10.3 Å². The molecule has 2 bridgehead atoms. The summed E-state index contributed by atoms with van der Waals surface area (Å²) in [4.78, 5) is 16.6. The Morgan fingerprint density at radius 3 is 2.56 bits per heavy atom. The Kier molecular flexibility index (Phi) is 4.65. The Bertz CT molecular complexity index is 705. The number of piperidine rings is 1. The number of carbonyl (C=O) groups is 1. The number of anilines is 1. The van der Waals surface area contributed by atoms with Gasteiger partial charge < -0.3 is 15.4 Å². The van der Waals surface area contributed by atoms with Gasteiger partial charge in [0.05, 0.1) is 11.9 Å². The zero-order chi connectivity index (χ0) is 17.1. The molecule has 0 saturated carbocycles. The maximum absolute atomic E-state index is 12.3. The summed E-state index contributed by atoms with van der Waals surface area (Å²) in [5, 5.41) is 6.57. The largest absolute Gasteiger partial charge is 0.439 e. The molecule has 2 saturated heterocycles. The lowest BCUT2D eigenvalue weighted by atomic mass is 9.89. The molecule has 2 unspecified atom stereocenters. The van der Waals surface area contributed by atoms with Gasteiger partial charge in [-0.25, -0.2) is 4.98 Å². The van der Waals surface area contributed by atoms with Crippen LogP contribution in [0.2, 0.25) is 0 Å². The molecular formula is C20H23N3O2. The van der Waals surface area contributed by atoms with Gasteiger partial charge in [0.1, 0.15) is 5.75 Å². The normalized spacial score (nSPS) is 24.7. The van der Waals surface area contributed by atoms with Gasteiger partial charge in [-0.15, -0.1) is 0 Å². The predicted molar refractivity (Wildman–Crippen MR) is 96.7 cm³/mol. The third-order valence-corrected chi connectivity index (χ3v) is 5.03. The average Bonchev–Trinajstić information content (AvgIpc) is 2.96. The van der Waals surface area contributed by atoms with Crippen LogP contribution in [-0.4, -0.2) is 23.0 Å². The van der Waals surface area contributed by atoms with Gasteiger partial charge in [-0.2, -0.15) is 0 Å². The maximum Gasteiger partial charge on any atom is 0.224 e. The first kappa shape index (κ1) is 16.1.